The fraction of sp³-hybridized carbons (Fsp3) is 0.862. The van der Waals surface area contributed by atoms with Crippen LogP contribution in [0.3, 0.4) is 0 Å². The van der Waals surface area contributed by atoms with Crippen LogP contribution in [0, 0.1) is 0 Å². The number of nitrogens with zero attached hydrogens (tertiary/aromatic N) is 2. The zero-order valence-corrected chi connectivity index (χ0v) is 24.8. The second kappa shape index (κ2) is 33.2. The zero-order valence-electron chi connectivity index (χ0n) is 24.8. The first kappa shape index (κ1) is 40.7. The van der Waals surface area contributed by atoms with Crippen molar-refractivity contribution >= 4 is 11.9 Å². The van der Waals surface area contributed by atoms with Gasteiger partial charge in [0.05, 0.1) is 19.9 Å². The molecule has 0 aromatic heterocycles. The molecule has 0 atom stereocenters. The van der Waals surface area contributed by atoms with Gasteiger partial charge in [-0.25, -0.2) is 0 Å². The van der Waals surface area contributed by atoms with Crippen LogP contribution in [0.4, 0.5) is 0 Å². The van der Waals surface area contributed by atoms with E-state index in [4.69, 9.17) is 30.3 Å². The van der Waals surface area contributed by atoms with Crippen LogP contribution in [0.25, 0.3) is 0 Å². The molecule has 0 aromatic carbocycles. The van der Waals surface area contributed by atoms with Crippen LogP contribution in [0.1, 0.15) is 124 Å². The summed E-state index contributed by atoms with van der Waals surface area (Å²) < 4.78 is 0. The second-order valence-electron chi connectivity index (χ2n) is 9.73. The van der Waals surface area contributed by atoms with Crippen molar-refractivity contribution in [1.29, 1.82) is 0 Å². The predicted octanol–water partition coefficient (Wildman–Crippen LogP) is 5.44. The molecule has 1 aliphatic heterocycles. The average Bonchev–Trinajstić information content (AvgIpc) is 3.31. The molecule has 0 aliphatic carbocycles. The van der Waals surface area contributed by atoms with Gasteiger partial charge in [-0.05, 0) is 13.3 Å². The number of hydrogen-bond donors (Lipinski definition) is 5. The molecule has 38 heavy (non-hydrogen) atoms. The highest BCUT2D eigenvalue weighted by atomic mass is 16.4. The summed E-state index contributed by atoms with van der Waals surface area (Å²) >= 11 is 0. The summed E-state index contributed by atoms with van der Waals surface area (Å²) in [4.78, 5) is 23.7. The molecule has 0 unspecified atom stereocenters. The second-order valence-corrected chi connectivity index (χ2v) is 9.73. The minimum absolute atomic E-state index is 0.345. The third-order valence-corrected chi connectivity index (χ3v) is 5.76. The van der Waals surface area contributed by atoms with Crippen molar-refractivity contribution < 1.29 is 35.1 Å². The molecule has 0 fully saturated rings. The number of aliphatic carboxylic acids is 2. The Kier molecular flexibility index (Phi) is 35.5. The van der Waals surface area contributed by atoms with Crippen LogP contribution in [-0.2, 0) is 9.59 Å². The maximum atomic E-state index is 10.3. The molecule has 9 nitrogen and oxygen atoms in total. The van der Waals surface area contributed by atoms with Gasteiger partial charge in [-0.1, -0.05) is 96.8 Å². The van der Waals surface area contributed by atoms with E-state index in [0.717, 1.165) is 33.0 Å². The topological polar surface area (TPSA) is 142 Å². The van der Waals surface area contributed by atoms with E-state index < -0.39 is 18.0 Å². The molecular weight excluding hydrogens is 488 g/mol. The van der Waals surface area contributed by atoms with Gasteiger partial charge in [-0.15, -0.1) is 0 Å². The van der Waals surface area contributed by atoms with E-state index in [-0.39, 0.29) is 13.2 Å². The van der Waals surface area contributed by atoms with Gasteiger partial charge in [0.1, 0.15) is 6.10 Å². The van der Waals surface area contributed by atoms with Gasteiger partial charge < -0.3 is 35.3 Å². The lowest BCUT2D eigenvalue weighted by molar-refractivity contribution is -0.137. The fourth-order valence-electron chi connectivity index (χ4n) is 3.50. The molecule has 1 rings (SSSR count). The van der Waals surface area contributed by atoms with E-state index in [1.165, 1.54) is 83.5 Å². The summed E-state index contributed by atoms with van der Waals surface area (Å²) in [5.74, 6) is -1.49. The Morgan fingerprint density at radius 1 is 0.737 bits per heavy atom. The van der Waals surface area contributed by atoms with Crippen LogP contribution in [-0.4, -0.2) is 86.8 Å². The number of hydrogen-bond acceptors (Lipinski definition) is 7. The number of aliphatic hydroxyl groups is 3. The lowest BCUT2D eigenvalue weighted by Gasteiger charge is -2.14. The number of unbranched alkanes of at least 4 members (excludes halogenated alkanes) is 14. The van der Waals surface area contributed by atoms with Crippen LogP contribution in [0.5, 0.6) is 0 Å². The number of rotatable bonds is 19. The molecule has 0 aromatic rings. The Bertz CT molecular complexity index is 525. The molecule has 9 heteroatoms. The fourth-order valence-corrected chi connectivity index (χ4v) is 3.50. The monoisotopic (exact) mass is 548 g/mol. The molecule has 0 saturated heterocycles. The van der Waals surface area contributed by atoms with Crippen molar-refractivity contribution in [3.8, 4) is 0 Å². The molecule has 0 saturated carbocycles. The van der Waals surface area contributed by atoms with E-state index in [2.05, 4.69) is 43.1 Å². The molecule has 5 N–H and O–H groups in total. The van der Waals surface area contributed by atoms with Gasteiger partial charge in [-0.2, -0.15) is 0 Å². The first-order chi connectivity index (χ1) is 18.1. The third-order valence-electron chi connectivity index (χ3n) is 5.76. The molecule has 0 bridgehead atoms. The Hall–Kier alpha value is -1.84. The van der Waals surface area contributed by atoms with Crippen molar-refractivity contribution in [3.63, 3.8) is 0 Å². The highest BCUT2D eigenvalue weighted by Gasteiger charge is 2.03. The summed E-state index contributed by atoms with van der Waals surface area (Å²) in [5, 5.41) is 40.0. The average molecular weight is 549 g/mol. The molecule has 0 amide bonds. The van der Waals surface area contributed by atoms with Crippen molar-refractivity contribution in [3.05, 3.63) is 12.4 Å². The third kappa shape index (κ3) is 41.3. The molecule has 0 radical (unpaired) electrons. The first-order valence-electron chi connectivity index (χ1n) is 14.6. The highest BCUT2D eigenvalue weighted by Crippen LogP contribution is 2.13. The van der Waals surface area contributed by atoms with E-state index >= 15 is 0 Å². The highest BCUT2D eigenvalue weighted by molar-refractivity contribution is 5.66. The number of carboxylic acids is 2. The smallest absolute Gasteiger partial charge is 0.303 e. The molecule has 1 aliphatic rings. The Labute approximate surface area is 232 Å². The summed E-state index contributed by atoms with van der Waals surface area (Å²) in [6.45, 7) is 6.94. The number of aliphatic hydroxyl groups excluding tert-OH is 3. The lowest BCUT2D eigenvalue weighted by atomic mass is 10.0. The van der Waals surface area contributed by atoms with Gasteiger partial charge >= 0.3 is 5.97 Å². The standard InChI is InChI=1S/C18H36O2.C6H12N2.C3H8O3.C2H4O2/c1-2-3-4-5-6-7-8-9-10-11-12-13-14-15-16-17-18(19)20;1-3-8-5-4-7(2)6-8;4-1-3(6)2-5;1-2(3)4/h2-17H2,1H3,(H,19,20);4-5H,3,6H2,1-2H3;3-6H,1-2H2;1H3,(H,3,4). The number of carboxylic acid groups (broad SMARTS) is 2. The largest absolute Gasteiger partial charge is 0.481 e. The first-order valence-corrected chi connectivity index (χ1v) is 14.6. The van der Waals surface area contributed by atoms with Crippen molar-refractivity contribution in [2.45, 2.75) is 130 Å². The zero-order chi connectivity index (χ0) is 29.4. The SMILES string of the molecule is CC(=O)O.CCCCCCCCCCCCCCCCCC(=O)O.CCN1C=CN(C)C1.OCC(O)CO. The minimum atomic E-state index is -0.954. The van der Waals surface area contributed by atoms with E-state index in [1.54, 1.807) is 0 Å². The van der Waals surface area contributed by atoms with Crippen LogP contribution >= 0.6 is 0 Å². The lowest BCUT2D eigenvalue weighted by Crippen LogP contribution is -2.21. The maximum Gasteiger partial charge on any atom is 0.303 e. The normalized spacial score (nSPS) is 11.8. The Morgan fingerprint density at radius 2 is 1.11 bits per heavy atom. The molecule has 1 heterocycles. The maximum absolute atomic E-state index is 10.3. The van der Waals surface area contributed by atoms with Gasteiger partial charge in [0, 0.05) is 39.3 Å². The van der Waals surface area contributed by atoms with Gasteiger partial charge in [0.25, 0.3) is 5.97 Å². The van der Waals surface area contributed by atoms with Crippen LogP contribution < -0.4 is 0 Å². The Balaban J connectivity index is -0.000000548. The predicted molar refractivity (Wildman–Crippen MR) is 155 cm³/mol. The van der Waals surface area contributed by atoms with Crippen molar-refractivity contribution in [1.82, 2.24) is 9.80 Å². The van der Waals surface area contributed by atoms with Crippen molar-refractivity contribution in [2.75, 3.05) is 33.5 Å². The summed E-state index contributed by atoms with van der Waals surface area (Å²) in [7, 11) is 2.08. The quantitative estimate of drug-likeness (QED) is 0.133. The Morgan fingerprint density at radius 3 is 1.32 bits per heavy atom. The summed E-state index contributed by atoms with van der Waals surface area (Å²) in [6.07, 6.45) is 23.4. The van der Waals surface area contributed by atoms with Crippen molar-refractivity contribution in [2.24, 2.45) is 0 Å². The summed E-state index contributed by atoms with van der Waals surface area (Å²) in [5.41, 5.74) is 0. The van der Waals surface area contributed by atoms with E-state index in [9.17, 15) is 4.79 Å². The molecule has 0 spiro atoms. The van der Waals surface area contributed by atoms with E-state index in [0.29, 0.717) is 6.42 Å². The van der Waals surface area contributed by atoms with Crippen LogP contribution in [0.2, 0.25) is 0 Å². The van der Waals surface area contributed by atoms with Gasteiger partial charge in [0.2, 0.25) is 0 Å². The molecule has 228 valence electrons. The summed E-state index contributed by atoms with van der Waals surface area (Å²) in [6, 6.07) is 0. The van der Waals surface area contributed by atoms with E-state index in [1.807, 2.05) is 0 Å². The number of carbonyl (C=O) groups is 2. The molecular formula is C29H60N2O7. The minimum Gasteiger partial charge on any atom is -0.481 e. The van der Waals surface area contributed by atoms with Gasteiger partial charge in [-0.3, -0.25) is 9.59 Å². The van der Waals surface area contributed by atoms with Crippen LogP contribution in [0.15, 0.2) is 12.4 Å². The van der Waals surface area contributed by atoms with Gasteiger partial charge in [0.15, 0.2) is 0 Å².